The van der Waals surface area contributed by atoms with E-state index in [0.717, 1.165) is 4.31 Å². The van der Waals surface area contributed by atoms with Crippen LogP contribution in [0, 0.1) is 10.1 Å². The summed E-state index contributed by atoms with van der Waals surface area (Å²) in [5, 5.41) is 11.2. The minimum atomic E-state index is -4.03. The summed E-state index contributed by atoms with van der Waals surface area (Å²) in [7, 11) is -5.08. The van der Waals surface area contributed by atoms with Crippen molar-refractivity contribution in [3.63, 3.8) is 0 Å². The van der Waals surface area contributed by atoms with Crippen molar-refractivity contribution in [1.29, 1.82) is 0 Å². The van der Waals surface area contributed by atoms with E-state index in [2.05, 4.69) is 5.43 Å². The maximum absolute atomic E-state index is 12.5. The number of nitro benzene ring substituents is 1. The van der Waals surface area contributed by atoms with E-state index in [1.165, 1.54) is 18.2 Å². The summed E-state index contributed by atoms with van der Waals surface area (Å²) >= 11 is 0. The van der Waals surface area contributed by atoms with Gasteiger partial charge >= 0.3 is 5.69 Å². The Balaban J connectivity index is 2.50. The highest BCUT2D eigenvalue weighted by molar-refractivity contribution is 7.89. The molecule has 0 aliphatic carbocycles. The second-order valence-corrected chi connectivity index (χ2v) is 7.91. The number of hydrazine groups is 1. The van der Waals surface area contributed by atoms with Gasteiger partial charge in [0.15, 0.2) is 4.90 Å². The molecule has 0 radical (unpaired) electrons. The molecule has 9 nitrogen and oxygen atoms in total. The van der Waals surface area contributed by atoms with Crippen molar-refractivity contribution in [2.45, 2.75) is 4.90 Å². The first kappa shape index (κ1) is 15.8. The molecule has 0 atom stereocenters. The van der Waals surface area contributed by atoms with E-state index in [9.17, 15) is 22.7 Å². The molecular formula is C10H14N4O5S2. The fourth-order valence-corrected chi connectivity index (χ4v) is 4.94. The number of nitrogens with zero attached hydrogens (tertiary/aromatic N) is 2. The van der Waals surface area contributed by atoms with Gasteiger partial charge in [0.05, 0.1) is 4.92 Å². The molecule has 1 aromatic rings. The molecule has 21 heavy (non-hydrogen) atoms. The third-order valence-electron chi connectivity index (χ3n) is 3.09. The number of nitrogen functional groups attached to an aromatic ring is 1. The fourth-order valence-electron chi connectivity index (χ4n) is 2.04. The third kappa shape index (κ3) is 3.05. The van der Waals surface area contributed by atoms with Gasteiger partial charge < -0.3 is 5.43 Å². The van der Waals surface area contributed by atoms with Gasteiger partial charge in [0.25, 0.3) is 0 Å². The molecule has 2 rings (SSSR count). The predicted octanol–water partition coefficient (Wildman–Crippen LogP) is -0.367. The lowest BCUT2D eigenvalue weighted by molar-refractivity contribution is -0.386. The largest absolute Gasteiger partial charge is 0.318 e. The highest BCUT2D eigenvalue weighted by Gasteiger charge is 2.35. The predicted molar refractivity (Wildman–Crippen MR) is 77.5 cm³/mol. The van der Waals surface area contributed by atoms with Crippen LogP contribution in [0.25, 0.3) is 0 Å². The molecule has 0 spiro atoms. The number of para-hydroxylation sites is 1. The second kappa shape index (κ2) is 6.05. The number of rotatable bonds is 4. The first-order valence-corrected chi connectivity index (χ1v) is 8.90. The topological polar surface area (TPSA) is 136 Å². The van der Waals surface area contributed by atoms with Crippen LogP contribution in [-0.2, 0) is 20.8 Å². The molecule has 0 saturated carbocycles. The van der Waals surface area contributed by atoms with Crippen molar-refractivity contribution in [2.75, 3.05) is 30.0 Å². The lowest BCUT2D eigenvalue weighted by Gasteiger charge is -2.25. The normalized spacial score (nSPS) is 17.6. The molecule has 116 valence electrons. The van der Waals surface area contributed by atoms with Crippen LogP contribution in [0.2, 0.25) is 0 Å². The van der Waals surface area contributed by atoms with Crippen LogP contribution in [0.4, 0.5) is 11.4 Å². The number of hydrogen-bond donors (Lipinski definition) is 2. The fraction of sp³-hybridized carbons (Fsp3) is 0.400. The molecular weight excluding hydrogens is 320 g/mol. The van der Waals surface area contributed by atoms with Crippen LogP contribution >= 0.6 is 0 Å². The number of anilines is 1. The Hall–Kier alpha value is -1.56. The van der Waals surface area contributed by atoms with E-state index in [-0.39, 0.29) is 30.3 Å². The van der Waals surface area contributed by atoms with Gasteiger partial charge in [-0.05, 0) is 12.1 Å². The molecule has 1 heterocycles. The Morgan fingerprint density at radius 2 is 1.95 bits per heavy atom. The summed E-state index contributed by atoms with van der Waals surface area (Å²) in [5.41, 5.74) is 1.45. The molecule has 3 N–H and O–H groups in total. The van der Waals surface area contributed by atoms with Gasteiger partial charge in [0.2, 0.25) is 10.0 Å². The summed E-state index contributed by atoms with van der Waals surface area (Å²) < 4.78 is 37.5. The molecule has 0 aromatic heterocycles. The van der Waals surface area contributed by atoms with Gasteiger partial charge in [0, 0.05) is 35.4 Å². The van der Waals surface area contributed by atoms with E-state index >= 15 is 0 Å². The molecule has 0 bridgehead atoms. The zero-order chi connectivity index (χ0) is 15.6. The van der Waals surface area contributed by atoms with Gasteiger partial charge in [-0.15, -0.1) is 0 Å². The van der Waals surface area contributed by atoms with Crippen molar-refractivity contribution >= 4 is 32.2 Å². The number of sulfonamides is 1. The minimum Gasteiger partial charge on any atom is -0.318 e. The summed E-state index contributed by atoms with van der Waals surface area (Å²) in [4.78, 5) is 9.95. The maximum Gasteiger partial charge on any atom is 0.313 e. The quantitative estimate of drug-likeness (QED) is 0.435. The molecule has 1 aliphatic heterocycles. The van der Waals surface area contributed by atoms with E-state index < -0.39 is 36.3 Å². The molecule has 0 amide bonds. The lowest BCUT2D eigenvalue weighted by atomic mass is 10.3. The Kier molecular flexibility index (Phi) is 4.56. The average Bonchev–Trinajstić information content (AvgIpc) is 2.46. The Labute approximate surface area is 123 Å². The third-order valence-corrected chi connectivity index (χ3v) is 6.30. The molecule has 1 aromatic carbocycles. The summed E-state index contributed by atoms with van der Waals surface area (Å²) in [5.74, 6) is 5.64. The average molecular weight is 334 g/mol. The van der Waals surface area contributed by atoms with Crippen LogP contribution < -0.4 is 11.3 Å². The first-order valence-electron chi connectivity index (χ1n) is 5.97. The van der Waals surface area contributed by atoms with Gasteiger partial charge in [-0.3, -0.25) is 20.2 Å². The molecule has 1 fully saturated rings. The zero-order valence-electron chi connectivity index (χ0n) is 10.9. The standard InChI is InChI=1S/C10H14N4O5S2/c11-12-8-2-1-3-9(10(8)14(15)16)21(18,19)13-4-6-20(17)7-5-13/h1-3,12H,4-7,11H2. The van der Waals surface area contributed by atoms with Crippen molar-refractivity contribution < 1.29 is 17.6 Å². The number of nitrogens with one attached hydrogen (secondary N) is 1. The van der Waals surface area contributed by atoms with Gasteiger partial charge in [0.1, 0.15) is 5.69 Å². The minimum absolute atomic E-state index is 0.0758. The van der Waals surface area contributed by atoms with E-state index in [1.54, 1.807) is 0 Å². The number of nitro groups is 1. The number of hydrogen-bond acceptors (Lipinski definition) is 7. The SMILES string of the molecule is NNc1cccc(S(=O)(=O)N2CCS(=O)CC2)c1[N+](=O)[O-]. The van der Waals surface area contributed by atoms with Crippen molar-refractivity contribution in [3.8, 4) is 0 Å². The summed E-state index contributed by atoms with van der Waals surface area (Å²) in [6, 6.07) is 3.86. The van der Waals surface area contributed by atoms with E-state index in [4.69, 9.17) is 5.84 Å². The Morgan fingerprint density at radius 3 is 2.48 bits per heavy atom. The van der Waals surface area contributed by atoms with Gasteiger partial charge in [-0.2, -0.15) is 4.31 Å². The smallest absolute Gasteiger partial charge is 0.313 e. The highest BCUT2D eigenvalue weighted by Crippen LogP contribution is 2.33. The van der Waals surface area contributed by atoms with Crippen molar-refractivity contribution in [2.24, 2.45) is 5.84 Å². The number of nitrogens with two attached hydrogens (primary N) is 1. The van der Waals surface area contributed by atoms with Crippen LogP contribution in [-0.4, -0.2) is 46.5 Å². The number of benzene rings is 1. The molecule has 1 saturated heterocycles. The van der Waals surface area contributed by atoms with Gasteiger partial charge in [-0.25, -0.2) is 8.42 Å². The second-order valence-electron chi connectivity index (χ2n) is 4.31. The van der Waals surface area contributed by atoms with Crippen LogP contribution in [0.1, 0.15) is 0 Å². The molecule has 11 heteroatoms. The monoisotopic (exact) mass is 334 g/mol. The maximum atomic E-state index is 12.5. The summed E-state index contributed by atoms with van der Waals surface area (Å²) in [6.45, 7) is 0.152. The Bertz CT molecular complexity index is 681. The van der Waals surface area contributed by atoms with Crippen LogP contribution in [0.5, 0.6) is 0 Å². The Morgan fingerprint density at radius 1 is 1.33 bits per heavy atom. The summed E-state index contributed by atoms with van der Waals surface area (Å²) in [6.07, 6.45) is 0. The van der Waals surface area contributed by atoms with E-state index in [0.29, 0.717) is 0 Å². The van der Waals surface area contributed by atoms with Gasteiger partial charge in [-0.1, -0.05) is 6.07 Å². The van der Waals surface area contributed by atoms with Crippen molar-refractivity contribution in [3.05, 3.63) is 28.3 Å². The van der Waals surface area contributed by atoms with Crippen LogP contribution in [0.15, 0.2) is 23.1 Å². The first-order chi connectivity index (χ1) is 9.87. The zero-order valence-corrected chi connectivity index (χ0v) is 12.5. The lowest BCUT2D eigenvalue weighted by Crippen LogP contribution is -2.41. The molecule has 1 aliphatic rings. The van der Waals surface area contributed by atoms with Crippen molar-refractivity contribution in [1.82, 2.24) is 4.31 Å². The van der Waals surface area contributed by atoms with E-state index in [1.807, 2.05) is 0 Å². The van der Waals surface area contributed by atoms with Crippen LogP contribution in [0.3, 0.4) is 0 Å². The molecule has 0 unspecified atom stereocenters. The highest BCUT2D eigenvalue weighted by atomic mass is 32.2.